The summed E-state index contributed by atoms with van der Waals surface area (Å²) in [4.78, 5) is 12.9. The van der Waals surface area contributed by atoms with Gasteiger partial charge in [0.15, 0.2) is 0 Å². The lowest BCUT2D eigenvalue weighted by Crippen LogP contribution is -2.11. The van der Waals surface area contributed by atoms with Crippen LogP contribution in [0.1, 0.15) is 12.8 Å². The molecule has 2 aromatic carbocycles. The molecule has 0 aliphatic rings. The molecule has 7 heteroatoms. The van der Waals surface area contributed by atoms with Crippen LogP contribution in [-0.4, -0.2) is 18.3 Å². The lowest BCUT2D eigenvalue weighted by molar-refractivity contribution is -0.116. The first-order chi connectivity index (χ1) is 11.5. The van der Waals surface area contributed by atoms with E-state index in [0.29, 0.717) is 17.1 Å². The van der Waals surface area contributed by atoms with E-state index in [9.17, 15) is 13.6 Å². The first-order valence-electron chi connectivity index (χ1n) is 7.26. The minimum atomic E-state index is -2.86. The van der Waals surface area contributed by atoms with Crippen molar-refractivity contribution < 1.29 is 18.3 Å². The molecule has 24 heavy (non-hydrogen) atoms. The number of benzene rings is 2. The summed E-state index contributed by atoms with van der Waals surface area (Å²) in [6.45, 7) is -2.86. The second-order valence-electron chi connectivity index (χ2n) is 4.86. The second kappa shape index (κ2) is 9.49. The van der Waals surface area contributed by atoms with Gasteiger partial charge in [0.25, 0.3) is 0 Å². The van der Waals surface area contributed by atoms with Gasteiger partial charge in [0.05, 0.1) is 0 Å². The van der Waals surface area contributed by atoms with Gasteiger partial charge >= 0.3 is 6.61 Å². The Bertz CT molecular complexity index is 651. The summed E-state index contributed by atoms with van der Waals surface area (Å²) in [7, 11) is 0. The van der Waals surface area contributed by atoms with Gasteiger partial charge in [-0.1, -0.05) is 11.6 Å². The average Bonchev–Trinajstić information content (AvgIpc) is 2.55. The number of alkyl halides is 2. The maximum absolute atomic E-state index is 12.0. The van der Waals surface area contributed by atoms with Crippen LogP contribution in [0, 0.1) is 0 Å². The molecule has 0 radical (unpaired) electrons. The summed E-state index contributed by atoms with van der Waals surface area (Å²) >= 11 is 7.48. The Balaban J connectivity index is 1.68. The molecule has 1 N–H and O–H groups in total. The van der Waals surface area contributed by atoms with E-state index >= 15 is 0 Å². The Hall–Kier alpha value is -1.79. The SMILES string of the molecule is O=C(CCCSc1ccc(Cl)cc1)Nc1ccc(OC(F)F)cc1. The summed E-state index contributed by atoms with van der Waals surface area (Å²) < 4.78 is 28.3. The summed E-state index contributed by atoms with van der Waals surface area (Å²) in [5.41, 5.74) is 0.548. The summed E-state index contributed by atoms with van der Waals surface area (Å²) in [6.07, 6.45) is 1.11. The molecule has 0 saturated carbocycles. The third-order valence-corrected chi connectivity index (χ3v) is 4.34. The van der Waals surface area contributed by atoms with Gasteiger partial charge in [-0.2, -0.15) is 8.78 Å². The van der Waals surface area contributed by atoms with Crippen LogP contribution in [0.4, 0.5) is 14.5 Å². The Morgan fingerprint density at radius 1 is 1.12 bits per heavy atom. The van der Waals surface area contributed by atoms with Gasteiger partial charge in [0.1, 0.15) is 5.75 Å². The Labute approximate surface area is 148 Å². The minimum absolute atomic E-state index is 0.0577. The molecule has 0 aromatic heterocycles. The number of amides is 1. The van der Waals surface area contributed by atoms with Crippen LogP contribution in [0.2, 0.25) is 5.02 Å². The number of anilines is 1. The first kappa shape index (κ1) is 18.5. The molecule has 2 aromatic rings. The zero-order valence-corrected chi connectivity index (χ0v) is 14.2. The molecule has 0 bridgehead atoms. The molecule has 0 saturated heterocycles. The lowest BCUT2D eigenvalue weighted by Gasteiger charge is -2.07. The lowest BCUT2D eigenvalue weighted by atomic mass is 10.2. The third-order valence-electron chi connectivity index (χ3n) is 2.99. The highest BCUT2D eigenvalue weighted by atomic mass is 35.5. The van der Waals surface area contributed by atoms with Crippen molar-refractivity contribution in [2.24, 2.45) is 0 Å². The predicted molar refractivity (Wildman–Crippen MR) is 93.1 cm³/mol. The smallest absolute Gasteiger partial charge is 0.387 e. The molecule has 0 aliphatic heterocycles. The van der Waals surface area contributed by atoms with Gasteiger partial charge in [-0.15, -0.1) is 11.8 Å². The van der Waals surface area contributed by atoms with E-state index in [2.05, 4.69) is 10.1 Å². The molecule has 0 fully saturated rings. The highest BCUT2D eigenvalue weighted by molar-refractivity contribution is 7.99. The summed E-state index contributed by atoms with van der Waals surface area (Å²) in [5.74, 6) is 0.757. The number of thioether (sulfide) groups is 1. The van der Waals surface area contributed by atoms with Crippen molar-refractivity contribution in [3.8, 4) is 5.75 Å². The van der Waals surface area contributed by atoms with Crippen molar-refractivity contribution in [3.63, 3.8) is 0 Å². The molecule has 2 rings (SSSR count). The van der Waals surface area contributed by atoms with E-state index in [1.807, 2.05) is 24.3 Å². The highest BCUT2D eigenvalue weighted by Crippen LogP contribution is 2.22. The molecule has 0 heterocycles. The topological polar surface area (TPSA) is 38.3 Å². The second-order valence-corrected chi connectivity index (χ2v) is 6.46. The van der Waals surface area contributed by atoms with Crippen LogP contribution in [-0.2, 0) is 4.79 Å². The van der Waals surface area contributed by atoms with Crippen LogP contribution in [0.5, 0.6) is 5.75 Å². The van der Waals surface area contributed by atoms with E-state index in [0.717, 1.165) is 17.1 Å². The molecule has 0 atom stereocenters. The largest absolute Gasteiger partial charge is 0.435 e. The van der Waals surface area contributed by atoms with Gasteiger partial charge in [-0.05, 0) is 60.7 Å². The quantitative estimate of drug-likeness (QED) is 0.495. The van der Waals surface area contributed by atoms with Gasteiger partial charge in [-0.3, -0.25) is 4.79 Å². The first-order valence-corrected chi connectivity index (χ1v) is 8.62. The fourth-order valence-electron chi connectivity index (χ4n) is 1.90. The highest BCUT2D eigenvalue weighted by Gasteiger charge is 2.06. The molecule has 3 nitrogen and oxygen atoms in total. The zero-order chi connectivity index (χ0) is 17.4. The standard InChI is InChI=1S/C17H16ClF2NO2S/c18-12-3-9-15(10-4-12)24-11-1-2-16(22)21-13-5-7-14(8-6-13)23-17(19)20/h3-10,17H,1-2,11H2,(H,21,22). The zero-order valence-electron chi connectivity index (χ0n) is 12.7. The molecular weight excluding hydrogens is 356 g/mol. The number of halogens is 3. The minimum Gasteiger partial charge on any atom is -0.435 e. The van der Waals surface area contributed by atoms with Crippen molar-refractivity contribution in [3.05, 3.63) is 53.6 Å². The van der Waals surface area contributed by atoms with E-state index in [1.54, 1.807) is 11.8 Å². The fraction of sp³-hybridized carbons (Fsp3) is 0.235. The van der Waals surface area contributed by atoms with E-state index in [-0.39, 0.29) is 11.7 Å². The van der Waals surface area contributed by atoms with Gasteiger partial charge in [-0.25, -0.2) is 0 Å². The van der Waals surface area contributed by atoms with Gasteiger partial charge in [0, 0.05) is 22.0 Å². The predicted octanol–water partition coefficient (Wildman–Crippen LogP) is 5.45. The van der Waals surface area contributed by atoms with Crippen LogP contribution in [0.25, 0.3) is 0 Å². The number of hydrogen-bond acceptors (Lipinski definition) is 3. The monoisotopic (exact) mass is 371 g/mol. The number of rotatable bonds is 8. The van der Waals surface area contributed by atoms with Crippen LogP contribution in [0.15, 0.2) is 53.4 Å². The van der Waals surface area contributed by atoms with Crippen LogP contribution < -0.4 is 10.1 Å². The summed E-state index contributed by atoms with van der Waals surface area (Å²) in [6, 6.07) is 13.4. The van der Waals surface area contributed by atoms with Gasteiger partial charge < -0.3 is 10.1 Å². The molecule has 128 valence electrons. The van der Waals surface area contributed by atoms with E-state index in [4.69, 9.17) is 11.6 Å². The Kier molecular flexibility index (Phi) is 7.34. The number of hydrogen-bond donors (Lipinski definition) is 1. The molecule has 0 unspecified atom stereocenters. The number of carbonyl (C=O) groups is 1. The molecule has 0 aliphatic carbocycles. The normalized spacial score (nSPS) is 10.7. The number of ether oxygens (including phenoxy) is 1. The van der Waals surface area contributed by atoms with Crippen molar-refractivity contribution in [1.82, 2.24) is 0 Å². The van der Waals surface area contributed by atoms with Crippen molar-refractivity contribution in [2.75, 3.05) is 11.1 Å². The van der Waals surface area contributed by atoms with Gasteiger partial charge in [0.2, 0.25) is 5.91 Å². The third kappa shape index (κ3) is 6.76. The van der Waals surface area contributed by atoms with Crippen molar-refractivity contribution >= 4 is 35.0 Å². The Morgan fingerprint density at radius 3 is 2.42 bits per heavy atom. The van der Waals surface area contributed by atoms with E-state index in [1.165, 1.54) is 24.3 Å². The molecular formula is C17H16ClF2NO2S. The number of carbonyl (C=O) groups excluding carboxylic acids is 1. The van der Waals surface area contributed by atoms with Crippen LogP contribution >= 0.6 is 23.4 Å². The number of nitrogens with one attached hydrogen (secondary N) is 1. The molecule has 0 spiro atoms. The Morgan fingerprint density at radius 2 is 1.79 bits per heavy atom. The van der Waals surface area contributed by atoms with Crippen molar-refractivity contribution in [2.45, 2.75) is 24.3 Å². The van der Waals surface area contributed by atoms with E-state index < -0.39 is 6.61 Å². The maximum atomic E-state index is 12.0. The molecule has 1 amide bonds. The fourth-order valence-corrected chi connectivity index (χ4v) is 2.88. The van der Waals surface area contributed by atoms with Crippen LogP contribution in [0.3, 0.4) is 0 Å². The summed E-state index contributed by atoms with van der Waals surface area (Å²) in [5, 5.41) is 3.42. The maximum Gasteiger partial charge on any atom is 0.387 e. The van der Waals surface area contributed by atoms with Crippen molar-refractivity contribution in [1.29, 1.82) is 0 Å². The average molecular weight is 372 g/mol.